The molecule has 4 aromatic heterocycles. The fraction of sp³-hybridized carbons (Fsp3) is 0.370. The van der Waals surface area contributed by atoms with E-state index in [2.05, 4.69) is 26.5 Å². The molecule has 3 unspecified atom stereocenters. The molecule has 1 aliphatic rings. The molecule has 5 atom stereocenters. The number of aliphatic hydroxyl groups is 2. The third-order valence-electron chi connectivity index (χ3n) is 7.41. The van der Waals surface area contributed by atoms with Crippen LogP contribution in [0.2, 0.25) is 0 Å². The zero-order valence-corrected chi connectivity index (χ0v) is 22.8. The second-order valence-corrected chi connectivity index (χ2v) is 10.5. The average Bonchev–Trinajstić information content (AvgIpc) is 3.58. The predicted molar refractivity (Wildman–Crippen MR) is 155 cm³/mol. The lowest BCUT2D eigenvalue weighted by Crippen LogP contribution is -2.36. The maximum Gasteiger partial charge on any atom is 0.333 e. The van der Waals surface area contributed by atoms with Gasteiger partial charge in [-0.15, -0.1) is 6.58 Å². The van der Waals surface area contributed by atoms with Crippen LogP contribution in [0.1, 0.15) is 13.2 Å². The summed E-state index contributed by atoms with van der Waals surface area (Å²) in [5.74, 6) is 0.172. The van der Waals surface area contributed by atoms with E-state index in [-0.39, 0.29) is 36.2 Å². The summed E-state index contributed by atoms with van der Waals surface area (Å²) in [7, 11) is 0. The molecule has 15 nitrogen and oxygen atoms in total. The Morgan fingerprint density at radius 1 is 1.19 bits per heavy atom. The van der Waals surface area contributed by atoms with Gasteiger partial charge in [0, 0.05) is 18.5 Å². The van der Waals surface area contributed by atoms with Crippen molar-refractivity contribution < 1.29 is 19.7 Å². The van der Waals surface area contributed by atoms with Crippen LogP contribution >= 0.6 is 0 Å². The molecule has 0 spiro atoms. The van der Waals surface area contributed by atoms with Gasteiger partial charge in [-0.1, -0.05) is 31.2 Å². The van der Waals surface area contributed by atoms with Crippen molar-refractivity contribution in [2.24, 2.45) is 5.92 Å². The van der Waals surface area contributed by atoms with Crippen LogP contribution in [0.5, 0.6) is 0 Å². The number of aromatic nitrogens is 7. The van der Waals surface area contributed by atoms with E-state index in [0.29, 0.717) is 24.5 Å². The van der Waals surface area contributed by atoms with Crippen LogP contribution in [0.3, 0.4) is 0 Å². The molecule has 1 saturated heterocycles. The van der Waals surface area contributed by atoms with Crippen LogP contribution in [-0.4, -0.2) is 75.4 Å². The average molecular weight is 578 g/mol. The van der Waals surface area contributed by atoms with Crippen LogP contribution in [0, 0.1) is 5.92 Å². The standard InChI is InChI=1S/C27H31N9O6/c1-3-8-35-19-23(32-26(29)33-24(19)39)36(27(35)40)25-21(38)20(37)16(42-25)11-41-10-13(2)9-34-12-30-17-18(34)14-6-4-5-7-15(14)31-22(17)28/h3-7,12-13,16,20-21,25,37-38H,1,8-11H2,2H3,(H2,28,31)(H3,29,32,33,39)/t13?,16-,20?,21?,25-/m1/s1. The number of nitrogen functional groups attached to an aromatic ring is 2. The van der Waals surface area contributed by atoms with E-state index in [1.807, 2.05) is 35.8 Å². The predicted octanol–water partition coefficient (Wildman–Crippen LogP) is 0.107. The lowest BCUT2D eigenvalue weighted by atomic mass is 10.1. The highest BCUT2D eigenvalue weighted by atomic mass is 16.6. The number of nitrogens with two attached hydrogens (primary N) is 2. The summed E-state index contributed by atoms with van der Waals surface area (Å²) < 4.78 is 16.0. The number of fused-ring (bicyclic) bond motifs is 4. The second-order valence-electron chi connectivity index (χ2n) is 10.5. The first kappa shape index (κ1) is 27.6. The molecule has 6 rings (SSSR count). The third kappa shape index (κ3) is 4.52. The molecule has 7 N–H and O–H groups in total. The van der Waals surface area contributed by atoms with Gasteiger partial charge in [0.25, 0.3) is 5.56 Å². The van der Waals surface area contributed by atoms with Gasteiger partial charge in [-0.2, -0.15) is 4.98 Å². The van der Waals surface area contributed by atoms with E-state index in [4.69, 9.17) is 20.9 Å². The Bertz CT molecular complexity index is 1920. The number of rotatable bonds is 9. The van der Waals surface area contributed by atoms with Crippen molar-refractivity contribution in [3.63, 3.8) is 0 Å². The fourth-order valence-corrected chi connectivity index (χ4v) is 5.53. The zero-order valence-electron chi connectivity index (χ0n) is 22.8. The van der Waals surface area contributed by atoms with Crippen molar-refractivity contribution in [3.05, 3.63) is 64.1 Å². The zero-order chi connectivity index (χ0) is 29.7. The molecule has 1 fully saturated rings. The first-order valence-electron chi connectivity index (χ1n) is 13.4. The lowest BCUT2D eigenvalue weighted by Gasteiger charge is -2.18. The summed E-state index contributed by atoms with van der Waals surface area (Å²) in [6.45, 7) is 6.46. The molecule has 1 aliphatic heterocycles. The number of benzene rings is 1. The van der Waals surface area contributed by atoms with Gasteiger partial charge >= 0.3 is 5.69 Å². The van der Waals surface area contributed by atoms with Gasteiger partial charge in [-0.05, 0) is 12.0 Å². The summed E-state index contributed by atoms with van der Waals surface area (Å²) in [4.78, 5) is 41.2. The van der Waals surface area contributed by atoms with E-state index in [0.717, 1.165) is 25.6 Å². The number of hydrogen-bond acceptors (Lipinski definition) is 11. The van der Waals surface area contributed by atoms with Crippen LogP contribution < -0.4 is 22.7 Å². The largest absolute Gasteiger partial charge is 0.387 e. The molecule has 0 aliphatic carbocycles. The summed E-state index contributed by atoms with van der Waals surface area (Å²) in [6, 6.07) is 7.72. The van der Waals surface area contributed by atoms with Crippen molar-refractivity contribution in [2.45, 2.75) is 44.6 Å². The number of allylic oxidation sites excluding steroid dienone is 1. The van der Waals surface area contributed by atoms with Crippen molar-refractivity contribution in [3.8, 4) is 0 Å². The number of nitrogens with one attached hydrogen (secondary N) is 1. The van der Waals surface area contributed by atoms with Crippen LogP contribution in [0.25, 0.3) is 33.1 Å². The summed E-state index contributed by atoms with van der Waals surface area (Å²) in [5.41, 5.74) is 12.7. The highest BCUT2D eigenvalue weighted by Gasteiger charge is 2.45. The number of aromatic amines is 1. The number of para-hydroxylation sites is 1. The van der Waals surface area contributed by atoms with Gasteiger partial charge < -0.3 is 35.7 Å². The van der Waals surface area contributed by atoms with Crippen molar-refractivity contribution >= 4 is 44.9 Å². The molecule has 5 aromatic rings. The molecule has 0 amide bonds. The number of pyridine rings is 1. The Morgan fingerprint density at radius 3 is 2.76 bits per heavy atom. The summed E-state index contributed by atoms with van der Waals surface area (Å²) >= 11 is 0. The number of anilines is 2. The first-order valence-corrected chi connectivity index (χ1v) is 13.4. The molecular weight excluding hydrogens is 546 g/mol. The van der Waals surface area contributed by atoms with Gasteiger partial charge in [0.1, 0.15) is 23.8 Å². The molecule has 220 valence electrons. The Kier molecular flexibility index (Phi) is 7.02. The van der Waals surface area contributed by atoms with E-state index < -0.39 is 35.8 Å². The van der Waals surface area contributed by atoms with Crippen molar-refractivity contribution in [1.82, 2.24) is 33.6 Å². The van der Waals surface area contributed by atoms with Crippen LogP contribution in [0.15, 0.2) is 52.8 Å². The quantitative estimate of drug-likeness (QED) is 0.148. The van der Waals surface area contributed by atoms with Gasteiger partial charge in [-0.3, -0.25) is 14.3 Å². The Hall–Kier alpha value is -4.57. The fourth-order valence-electron chi connectivity index (χ4n) is 5.53. The molecule has 5 heterocycles. The maximum atomic E-state index is 13.3. The number of H-pyrrole nitrogens is 1. The third-order valence-corrected chi connectivity index (χ3v) is 7.41. The molecule has 0 radical (unpaired) electrons. The summed E-state index contributed by atoms with van der Waals surface area (Å²) in [6.07, 6.45) is -1.98. The van der Waals surface area contributed by atoms with Gasteiger partial charge in [-0.25, -0.2) is 19.3 Å². The normalized spacial score (nSPS) is 21.5. The second kappa shape index (κ2) is 10.7. The Morgan fingerprint density at radius 2 is 1.98 bits per heavy atom. The topological polar surface area (TPSA) is 214 Å². The SMILES string of the molecule is C=CCn1c(=O)n([C@@H]2O[C@H](COCC(C)Cn3cnc4c(N)nc5ccccc5c43)C(O)C2O)c2nc(N)[nH]c(=O)c21. The van der Waals surface area contributed by atoms with Crippen LogP contribution in [-0.2, 0) is 22.6 Å². The number of nitrogens with zero attached hydrogens (tertiary/aromatic N) is 6. The number of hydrogen-bond donors (Lipinski definition) is 5. The minimum absolute atomic E-state index is 0.0118. The highest BCUT2D eigenvalue weighted by molar-refractivity contribution is 6.06. The van der Waals surface area contributed by atoms with Gasteiger partial charge in [0.2, 0.25) is 5.95 Å². The van der Waals surface area contributed by atoms with Gasteiger partial charge in [0.05, 0.1) is 30.6 Å². The van der Waals surface area contributed by atoms with E-state index >= 15 is 0 Å². The molecule has 0 bridgehead atoms. The minimum atomic E-state index is -1.50. The number of imidazole rings is 2. The molecule has 1 aromatic carbocycles. The van der Waals surface area contributed by atoms with E-state index in [1.165, 1.54) is 6.08 Å². The number of aliphatic hydroxyl groups excluding tert-OH is 2. The molecule has 0 saturated carbocycles. The van der Waals surface area contributed by atoms with E-state index in [1.54, 1.807) is 6.33 Å². The van der Waals surface area contributed by atoms with Crippen LogP contribution in [0.4, 0.5) is 11.8 Å². The minimum Gasteiger partial charge on any atom is -0.387 e. The Labute approximate surface area is 237 Å². The highest BCUT2D eigenvalue weighted by Crippen LogP contribution is 2.31. The first-order chi connectivity index (χ1) is 20.2. The van der Waals surface area contributed by atoms with Crippen molar-refractivity contribution in [2.75, 3.05) is 24.7 Å². The molecular formula is C27H31N9O6. The summed E-state index contributed by atoms with van der Waals surface area (Å²) in [5, 5.41) is 22.5. The maximum absolute atomic E-state index is 13.3. The van der Waals surface area contributed by atoms with Crippen molar-refractivity contribution in [1.29, 1.82) is 0 Å². The monoisotopic (exact) mass is 577 g/mol. The van der Waals surface area contributed by atoms with Gasteiger partial charge in [0.15, 0.2) is 23.2 Å². The Balaban J connectivity index is 1.17. The molecule has 42 heavy (non-hydrogen) atoms. The molecule has 15 heteroatoms. The lowest BCUT2D eigenvalue weighted by molar-refractivity contribution is -0.0703. The number of ether oxygens (including phenoxy) is 2. The van der Waals surface area contributed by atoms with E-state index in [9.17, 15) is 19.8 Å². The smallest absolute Gasteiger partial charge is 0.333 e.